The molecule has 1 aliphatic heterocycles. The second-order valence-electron chi connectivity index (χ2n) is 8.11. The Labute approximate surface area is 213 Å². The predicted molar refractivity (Wildman–Crippen MR) is 137 cm³/mol. The molecule has 1 unspecified atom stereocenters. The molecule has 10 heteroatoms. The molecular formula is C25H27ClN5O3S+. The van der Waals surface area contributed by atoms with Crippen molar-refractivity contribution in [1.82, 2.24) is 10.3 Å². The molecule has 3 aromatic rings. The number of carbonyl (C=O) groups is 2. The number of aromatic nitrogens is 2. The zero-order chi connectivity index (χ0) is 24.6. The Bertz CT molecular complexity index is 1190. The van der Waals surface area contributed by atoms with Crippen molar-refractivity contribution in [2.45, 2.75) is 17.7 Å². The number of pyridine rings is 2. The van der Waals surface area contributed by atoms with E-state index in [2.05, 4.69) is 25.9 Å². The first-order chi connectivity index (χ1) is 17.0. The van der Waals surface area contributed by atoms with Crippen molar-refractivity contribution < 1.29 is 19.3 Å². The molecule has 1 atom stereocenters. The Morgan fingerprint density at radius 3 is 2.86 bits per heavy atom. The lowest BCUT2D eigenvalue weighted by atomic mass is 10.0. The Hall–Kier alpha value is -3.14. The van der Waals surface area contributed by atoms with Crippen molar-refractivity contribution in [2.24, 2.45) is 5.92 Å². The molecule has 1 aromatic carbocycles. The summed E-state index contributed by atoms with van der Waals surface area (Å²) in [7, 11) is 0. The van der Waals surface area contributed by atoms with Crippen LogP contribution < -0.4 is 25.7 Å². The van der Waals surface area contributed by atoms with Crippen molar-refractivity contribution >= 4 is 46.7 Å². The van der Waals surface area contributed by atoms with E-state index in [0.717, 1.165) is 30.8 Å². The third-order valence-corrected chi connectivity index (χ3v) is 6.56. The minimum Gasteiger partial charge on any atom is -0.492 e. The highest BCUT2D eigenvalue weighted by atomic mass is 35.5. The summed E-state index contributed by atoms with van der Waals surface area (Å²) < 4.78 is 6.12. The molecule has 4 rings (SSSR count). The minimum atomic E-state index is -0.474. The van der Waals surface area contributed by atoms with Crippen LogP contribution in [0.25, 0.3) is 0 Å². The topological polar surface area (TPSA) is 106 Å². The van der Waals surface area contributed by atoms with Gasteiger partial charge in [-0.2, -0.15) is 0 Å². The molecule has 2 aromatic heterocycles. The van der Waals surface area contributed by atoms with Gasteiger partial charge < -0.3 is 15.4 Å². The van der Waals surface area contributed by atoms with E-state index in [1.165, 1.54) is 6.20 Å². The fourth-order valence-electron chi connectivity index (χ4n) is 3.75. The standard InChI is InChI=1S/C25H26ClN5O3S/c1-35-18-7-8-19(21(12-18)34-15-16-4-2-10-27-13-16)24(32)30-20-5-3-11-28-23(20)25(33)31-22-9-6-17(26)14-29-22/h3,5-9,11-12,14,16,27H,2,4,10,13,15H2,1H3,(H,30,32)(H,29,31,33)/p+1. The highest BCUT2D eigenvalue weighted by Gasteiger charge is 2.22. The number of rotatable bonds is 8. The number of H-pyrrole nitrogens is 1. The number of nitrogens with one attached hydrogen (secondary N) is 4. The van der Waals surface area contributed by atoms with E-state index in [-0.39, 0.29) is 11.6 Å². The van der Waals surface area contributed by atoms with Crippen LogP contribution in [0.5, 0.6) is 5.75 Å². The van der Waals surface area contributed by atoms with Crippen LogP contribution in [0.1, 0.15) is 33.7 Å². The quantitative estimate of drug-likeness (QED) is 0.391. The van der Waals surface area contributed by atoms with E-state index in [1.807, 2.05) is 18.4 Å². The fourth-order valence-corrected chi connectivity index (χ4v) is 4.30. The number of thioether (sulfide) groups is 1. The maximum atomic E-state index is 13.3. The number of piperidine rings is 1. The van der Waals surface area contributed by atoms with E-state index in [9.17, 15) is 9.59 Å². The molecule has 0 aliphatic carbocycles. The van der Waals surface area contributed by atoms with E-state index < -0.39 is 5.91 Å². The summed E-state index contributed by atoms with van der Waals surface area (Å²) in [5.74, 6) is 0.511. The average molecular weight is 513 g/mol. The van der Waals surface area contributed by atoms with E-state index in [4.69, 9.17) is 16.3 Å². The van der Waals surface area contributed by atoms with Crippen LogP contribution in [0.2, 0.25) is 5.02 Å². The number of halogens is 1. The third kappa shape index (κ3) is 6.72. The molecular weight excluding hydrogens is 486 g/mol. The van der Waals surface area contributed by atoms with Gasteiger partial charge in [-0.1, -0.05) is 11.6 Å². The lowest BCUT2D eigenvalue weighted by Crippen LogP contribution is -2.33. The summed E-state index contributed by atoms with van der Waals surface area (Å²) >= 11 is 7.46. The van der Waals surface area contributed by atoms with Crippen molar-refractivity contribution in [1.29, 1.82) is 0 Å². The molecule has 0 radical (unpaired) electrons. The summed E-state index contributed by atoms with van der Waals surface area (Å²) in [6, 6.07) is 12.1. The van der Waals surface area contributed by atoms with Gasteiger partial charge in [-0.15, -0.1) is 11.8 Å². The first-order valence-electron chi connectivity index (χ1n) is 11.3. The molecule has 0 spiro atoms. The lowest BCUT2D eigenvalue weighted by molar-refractivity contribution is -0.360. The van der Waals surface area contributed by atoms with Crippen LogP contribution >= 0.6 is 23.4 Å². The van der Waals surface area contributed by atoms with Gasteiger partial charge in [0.1, 0.15) is 11.9 Å². The fraction of sp³-hybridized carbons (Fsp3) is 0.280. The molecule has 4 N–H and O–H groups in total. The second kappa shape index (κ2) is 12.0. The van der Waals surface area contributed by atoms with Gasteiger partial charge in [-0.25, -0.2) is 20.1 Å². The van der Waals surface area contributed by atoms with Gasteiger partial charge in [-0.05, 0) is 62.0 Å². The van der Waals surface area contributed by atoms with Crippen molar-refractivity contribution in [2.75, 3.05) is 36.6 Å². The smallest absolute Gasteiger partial charge is 0.359 e. The molecule has 1 saturated heterocycles. The maximum Gasteiger partial charge on any atom is 0.359 e. The van der Waals surface area contributed by atoms with E-state index in [1.54, 1.807) is 48.3 Å². The first-order valence-corrected chi connectivity index (χ1v) is 12.9. The number of benzene rings is 1. The zero-order valence-corrected chi connectivity index (χ0v) is 20.8. The van der Waals surface area contributed by atoms with Gasteiger partial charge in [0.25, 0.3) is 11.7 Å². The Morgan fingerprint density at radius 2 is 2.11 bits per heavy atom. The molecule has 2 amide bonds. The van der Waals surface area contributed by atoms with Gasteiger partial charge in [0.2, 0.25) is 0 Å². The van der Waals surface area contributed by atoms with Crippen molar-refractivity contribution in [3.63, 3.8) is 0 Å². The van der Waals surface area contributed by atoms with Crippen LogP contribution in [-0.4, -0.2) is 42.8 Å². The molecule has 8 nitrogen and oxygen atoms in total. The number of carbonyl (C=O) groups excluding carboxylic acids is 2. The molecule has 0 saturated carbocycles. The molecule has 35 heavy (non-hydrogen) atoms. The van der Waals surface area contributed by atoms with E-state index >= 15 is 0 Å². The highest BCUT2D eigenvalue weighted by Crippen LogP contribution is 2.28. The zero-order valence-electron chi connectivity index (χ0n) is 19.3. The normalized spacial score (nSPS) is 15.3. The summed E-state index contributed by atoms with van der Waals surface area (Å²) in [5, 5.41) is 9.44. The first kappa shape index (κ1) is 25.0. The number of nitrogens with zero attached hydrogens (tertiary/aromatic N) is 1. The summed E-state index contributed by atoms with van der Waals surface area (Å²) in [6.07, 6.45) is 7.24. The summed E-state index contributed by atoms with van der Waals surface area (Å²) in [4.78, 5) is 34.2. The van der Waals surface area contributed by atoms with Crippen molar-refractivity contribution in [3.8, 4) is 5.75 Å². The number of hydrogen-bond acceptors (Lipinski definition) is 6. The molecule has 3 heterocycles. The molecule has 0 bridgehead atoms. The number of anilines is 2. The van der Waals surface area contributed by atoms with Crippen molar-refractivity contribution in [3.05, 3.63) is 71.1 Å². The number of aromatic amines is 1. The number of amides is 2. The molecule has 182 valence electrons. The van der Waals surface area contributed by atoms with E-state index in [0.29, 0.717) is 40.4 Å². The SMILES string of the molecule is CSc1ccc(C(=O)Nc2cccnc2C(=O)Nc2ccc(Cl)c[nH+]2)c(OCC2CCCNC2)c1. The number of hydrogen-bond donors (Lipinski definition) is 3. The average Bonchev–Trinajstić information content (AvgIpc) is 2.89. The van der Waals surface area contributed by atoms with Crippen LogP contribution in [0.15, 0.2) is 59.8 Å². The maximum absolute atomic E-state index is 13.3. The minimum absolute atomic E-state index is 0.0840. The van der Waals surface area contributed by atoms with Crippen LogP contribution in [0.4, 0.5) is 11.5 Å². The van der Waals surface area contributed by atoms with Crippen LogP contribution in [0, 0.1) is 5.92 Å². The Balaban J connectivity index is 1.51. The Morgan fingerprint density at radius 1 is 1.23 bits per heavy atom. The van der Waals surface area contributed by atoms with Gasteiger partial charge in [-0.3, -0.25) is 4.79 Å². The molecule has 1 aliphatic rings. The second-order valence-corrected chi connectivity index (χ2v) is 9.43. The van der Waals surface area contributed by atoms with Gasteiger partial charge in [0.15, 0.2) is 5.69 Å². The Kier molecular flexibility index (Phi) is 8.57. The summed E-state index contributed by atoms with van der Waals surface area (Å²) in [5.41, 5.74) is 0.772. The number of ether oxygens (including phenoxy) is 1. The van der Waals surface area contributed by atoms with Gasteiger partial charge >= 0.3 is 5.91 Å². The largest absolute Gasteiger partial charge is 0.492 e. The lowest BCUT2D eigenvalue weighted by Gasteiger charge is -2.23. The monoisotopic (exact) mass is 512 g/mol. The van der Waals surface area contributed by atoms with Gasteiger partial charge in [0, 0.05) is 29.6 Å². The van der Waals surface area contributed by atoms with Crippen LogP contribution in [-0.2, 0) is 0 Å². The summed E-state index contributed by atoms with van der Waals surface area (Å²) in [6.45, 7) is 2.47. The molecule has 1 fully saturated rings. The third-order valence-electron chi connectivity index (χ3n) is 5.60. The predicted octanol–water partition coefficient (Wildman–Crippen LogP) is 4.15. The van der Waals surface area contributed by atoms with Crippen LogP contribution in [0.3, 0.4) is 0 Å². The van der Waals surface area contributed by atoms with Gasteiger partial charge in [0.05, 0.1) is 22.9 Å². The highest BCUT2D eigenvalue weighted by molar-refractivity contribution is 7.98.